The zero-order valence-electron chi connectivity index (χ0n) is 11.0. The van der Waals surface area contributed by atoms with Crippen LogP contribution in [-0.2, 0) is 4.79 Å². The van der Waals surface area contributed by atoms with Crippen LogP contribution in [-0.4, -0.2) is 52.1 Å². The molecule has 1 aliphatic heterocycles. The number of nitrogens with zero attached hydrogens (tertiary/aromatic N) is 1. The normalized spacial score (nSPS) is 21.4. The van der Waals surface area contributed by atoms with Gasteiger partial charge in [0.05, 0.1) is 6.42 Å². The highest BCUT2D eigenvalue weighted by Crippen LogP contribution is 2.17. The van der Waals surface area contributed by atoms with Crippen LogP contribution in [0.1, 0.15) is 33.1 Å². The summed E-state index contributed by atoms with van der Waals surface area (Å²) in [6, 6.07) is -0.383. The standard InChI is InChI=1S/C12H22N2O3S/c1-3-4-10(7-11(15)16)13-12(17)14-5-6-18-9(2)8-14/h9-10H,3-8H2,1-2H3,(H,13,17)(H,15,16). The molecular weight excluding hydrogens is 252 g/mol. The van der Waals surface area contributed by atoms with Crippen molar-refractivity contribution >= 4 is 23.8 Å². The molecule has 0 radical (unpaired) electrons. The van der Waals surface area contributed by atoms with Crippen molar-refractivity contribution in [3.63, 3.8) is 0 Å². The predicted octanol–water partition coefficient (Wildman–Crippen LogP) is 1.78. The lowest BCUT2D eigenvalue weighted by Gasteiger charge is -2.32. The number of carbonyl (C=O) groups is 2. The molecule has 2 unspecified atom stereocenters. The Hall–Kier alpha value is -0.910. The number of carbonyl (C=O) groups excluding carboxylic acids is 1. The Labute approximate surface area is 112 Å². The molecule has 104 valence electrons. The first-order chi connectivity index (χ1) is 8.52. The van der Waals surface area contributed by atoms with E-state index in [0.717, 1.165) is 25.3 Å². The highest BCUT2D eigenvalue weighted by molar-refractivity contribution is 7.99. The molecule has 0 aliphatic carbocycles. The van der Waals surface area contributed by atoms with Gasteiger partial charge in [-0.1, -0.05) is 20.3 Å². The zero-order chi connectivity index (χ0) is 13.5. The molecule has 5 nitrogen and oxygen atoms in total. The van der Waals surface area contributed by atoms with Crippen molar-refractivity contribution in [1.29, 1.82) is 0 Å². The highest BCUT2D eigenvalue weighted by Gasteiger charge is 2.23. The summed E-state index contributed by atoms with van der Waals surface area (Å²) in [7, 11) is 0. The van der Waals surface area contributed by atoms with Crippen molar-refractivity contribution < 1.29 is 14.7 Å². The molecule has 2 N–H and O–H groups in total. The lowest BCUT2D eigenvalue weighted by atomic mass is 10.1. The lowest BCUT2D eigenvalue weighted by molar-refractivity contribution is -0.137. The van der Waals surface area contributed by atoms with E-state index in [4.69, 9.17) is 5.11 Å². The van der Waals surface area contributed by atoms with Crippen molar-refractivity contribution in [2.75, 3.05) is 18.8 Å². The number of nitrogens with one attached hydrogen (secondary N) is 1. The SMILES string of the molecule is CCCC(CC(=O)O)NC(=O)N1CCSC(C)C1. The minimum atomic E-state index is -0.865. The van der Waals surface area contributed by atoms with E-state index < -0.39 is 5.97 Å². The Morgan fingerprint density at radius 2 is 2.28 bits per heavy atom. The summed E-state index contributed by atoms with van der Waals surface area (Å²) in [4.78, 5) is 24.5. The fourth-order valence-corrected chi connectivity index (χ4v) is 3.07. The summed E-state index contributed by atoms with van der Waals surface area (Å²) in [5.41, 5.74) is 0. The highest BCUT2D eigenvalue weighted by atomic mass is 32.2. The number of aliphatic carboxylic acids is 1. The number of thioether (sulfide) groups is 1. The molecule has 1 heterocycles. The number of rotatable bonds is 5. The third-order valence-corrected chi connectivity index (χ3v) is 4.05. The Bertz CT molecular complexity index is 299. The van der Waals surface area contributed by atoms with E-state index in [0.29, 0.717) is 11.7 Å². The topological polar surface area (TPSA) is 69.6 Å². The van der Waals surface area contributed by atoms with Crippen molar-refractivity contribution in [3.05, 3.63) is 0 Å². The summed E-state index contributed by atoms with van der Waals surface area (Å²) in [6.07, 6.45) is 1.57. The van der Waals surface area contributed by atoms with Gasteiger partial charge in [0.25, 0.3) is 0 Å². The molecule has 0 aromatic rings. The number of hydrogen-bond acceptors (Lipinski definition) is 3. The van der Waals surface area contributed by atoms with Gasteiger partial charge in [0, 0.05) is 30.1 Å². The second kappa shape index (κ2) is 7.51. The summed E-state index contributed by atoms with van der Waals surface area (Å²) < 4.78 is 0. The van der Waals surface area contributed by atoms with Crippen LogP contribution in [0.5, 0.6) is 0 Å². The molecule has 18 heavy (non-hydrogen) atoms. The van der Waals surface area contributed by atoms with E-state index in [1.54, 1.807) is 4.90 Å². The van der Waals surface area contributed by atoms with E-state index in [1.807, 2.05) is 18.7 Å². The van der Waals surface area contributed by atoms with Crippen LogP contribution >= 0.6 is 11.8 Å². The molecule has 1 aliphatic rings. The van der Waals surface area contributed by atoms with Gasteiger partial charge in [-0.15, -0.1) is 0 Å². The molecule has 1 rings (SSSR count). The van der Waals surface area contributed by atoms with Crippen LogP contribution in [0.25, 0.3) is 0 Å². The molecular formula is C12H22N2O3S. The Balaban J connectivity index is 2.46. The maximum atomic E-state index is 12.0. The number of hydrogen-bond donors (Lipinski definition) is 2. The second-order valence-electron chi connectivity index (χ2n) is 4.66. The summed E-state index contributed by atoms with van der Waals surface area (Å²) in [5.74, 6) is 0.0858. The maximum Gasteiger partial charge on any atom is 0.317 e. The summed E-state index contributed by atoms with van der Waals surface area (Å²) in [6.45, 7) is 5.57. The van der Waals surface area contributed by atoms with Crippen molar-refractivity contribution in [2.45, 2.75) is 44.4 Å². The van der Waals surface area contributed by atoms with Crippen molar-refractivity contribution in [2.24, 2.45) is 0 Å². The van der Waals surface area contributed by atoms with Gasteiger partial charge in [-0.05, 0) is 6.42 Å². The molecule has 0 aromatic carbocycles. The Kier molecular flexibility index (Phi) is 6.32. The fraction of sp³-hybridized carbons (Fsp3) is 0.833. The Morgan fingerprint density at radius 3 is 2.83 bits per heavy atom. The van der Waals surface area contributed by atoms with Gasteiger partial charge < -0.3 is 15.3 Å². The molecule has 0 aromatic heterocycles. The molecule has 0 spiro atoms. The van der Waals surface area contributed by atoms with Gasteiger partial charge in [-0.2, -0.15) is 11.8 Å². The molecule has 0 saturated carbocycles. The van der Waals surface area contributed by atoms with Crippen molar-refractivity contribution in [1.82, 2.24) is 10.2 Å². The molecule has 1 fully saturated rings. The predicted molar refractivity (Wildman–Crippen MR) is 73.0 cm³/mol. The largest absolute Gasteiger partial charge is 0.481 e. The van der Waals surface area contributed by atoms with E-state index >= 15 is 0 Å². The third kappa shape index (κ3) is 5.16. The number of urea groups is 1. The van der Waals surface area contributed by atoms with Crippen LogP contribution < -0.4 is 5.32 Å². The van der Waals surface area contributed by atoms with Crippen molar-refractivity contribution in [3.8, 4) is 0 Å². The zero-order valence-corrected chi connectivity index (χ0v) is 11.8. The molecule has 2 atom stereocenters. The molecule has 2 amide bonds. The monoisotopic (exact) mass is 274 g/mol. The van der Waals surface area contributed by atoms with Gasteiger partial charge in [0.1, 0.15) is 0 Å². The fourth-order valence-electron chi connectivity index (χ4n) is 2.05. The molecule has 6 heteroatoms. The van der Waals surface area contributed by atoms with Gasteiger partial charge in [-0.25, -0.2) is 4.79 Å². The van der Waals surface area contributed by atoms with E-state index in [-0.39, 0.29) is 18.5 Å². The first-order valence-corrected chi connectivity index (χ1v) is 7.46. The van der Waals surface area contributed by atoms with Crippen LogP contribution in [0.3, 0.4) is 0 Å². The van der Waals surface area contributed by atoms with Crippen LogP contribution in [0.4, 0.5) is 4.79 Å². The van der Waals surface area contributed by atoms with E-state index in [9.17, 15) is 9.59 Å². The minimum absolute atomic E-state index is 0.00226. The third-order valence-electron chi connectivity index (χ3n) is 2.91. The van der Waals surface area contributed by atoms with E-state index in [1.165, 1.54) is 0 Å². The first-order valence-electron chi connectivity index (χ1n) is 6.41. The number of amides is 2. The lowest BCUT2D eigenvalue weighted by Crippen LogP contribution is -2.49. The van der Waals surface area contributed by atoms with Crippen LogP contribution in [0.15, 0.2) is 0 Å². The Morgan fingerprint density at radius 1 is 1.56 bits per heavy atom. The smallest absolute Gasteiger partial charge is 0.317 e. The summed E-state index contributed by atoms with van der Waals surface area (Å²) in [5, 5.41) is 12.1. The minimum Gasteiger partial charge on any atom is -0.481 e. The average molecular weight is 274 g/mol. The van der Waals surface area contributed by atoms with Gasteiger partial charge in [-0.3, -0.25) is 4.79 Å². The second-order valence-corrected chi connectivity index (χ2v) is 6.21. The quantitative estimate of drug-likeness (QED) is 0.801. The van der Waals surface area contributed by atoms with Gasteiger partial charge in [0.2, 0.25) is 0 Å². The number of carboxylic acids is 1. The summed E-state index contributed by atoms with van der Waals surface area (Å²) >= 11 is 1.86. The van der Waals surface area contributed by atoms with E-state index in [2.05, 4.69) is 12.2 Å². The van der Waals surface area contributed by atoms with Crippen LogP contribution in [0.2, 0.25) is 0 Å². The molecule has 1 saturated heterocycles. The first kappa shape index (κ1) is 15.1. The maximum absolute atomic E-state index is 12.0. The van der Waals surface area contributed by atoms with Crippen LogP contribution in [0, 0.1) is 0 Å². The van der Waals surface area contributed by atoms with Gasteiger partial charge >= 0.3 is 12.0 Å². The molecule has 0 bridgehead atoms. The number of carboxylic acid groups (broad SMARTS) is 1. The van der Waals surface area contributed by atoms with Gasteiger partial charge in [0.15, 0.2) is 0 Å². The average Bonchev–Trinajstić information content (AvgIpc) is 2.28.